The number of amides is 1. The first kappa shape index (κ1) is 20.2. The van der Waals surface area contributed by atoms with Gasteiger partial charge in [-0.2, -0.15) is 0 Å². The number of carbonyl (C=O) groups is 1. The first-order valence-corrected chi connectivity index (χ1v) is 11.8. The molecular weight excluding hydrogens is 410 g/mol. The number of rotatable bonds is 2. The molecule has 3 heterocycles. The predicted octanol–water partition coefficient (Wildman–Crippen LogP) is 3.64. The van der Waals surface area contributed by atoms with Crippen LogP contribution in [0.5, 0.6) is 5.75 Å². The second-order valence-corrected chi connectivity index (χ2v) is 9.94. The van der Waals surface area contributed by atoms with Gasteiger partial charge in [-0.05, 0) is 43.7 Å². The first-order valence-electron chi connectivity index (χ1n) is 10.8. The molecule has 0 bridgehead atoms. The summed E-state index contributed by atoms with van der Waals surface area (Å²) in [5, 5.41) is 12.7. The second kappa shape index (κ2) is 7.48. The molecule has 31 heavy (non-hydrogen) atoms. The molecule has 1 aromatic heterocycles. The lowest BCUT2D eigenvalue weighted by molar-refractivity contribution is 0.0622. The average molecular weight is 438 g/mol. The molecule has 1 aliphatic carbocycles. The minimum atomic E-state index is -0.532. The molecule has 1 aromatic carbocycles. The fourth-order valence-electron chi connectivity index (χ4n) is 4.97. The molecule has 162 valence electrons. The number of carbonyl (C=O) groups excluding carboxylic acids is 1. The number of aromatic nitrogens is 1. The quantitative estimate of drug-likeness (QED) is 0.777. The third-order valence-electron chi connectivity index (χ3n) is 6.67. The van der Waals surface area contributed by atoms with E-state index < -0.39 is 11.2 Å². The van der Waals surface area contributed by atoms with Crippen LogP contribution in [-0.2, 0) is 6.42 Å². The molecule has 5 rings (SSSR count). The maximum absolute atomic E-state index is 13.2. The van der Waals surface area contributed by atoms with E-state index in [0.29, 0.717) is 12.6 Å². The number of hydrogen-bond acceptors (Lipinski definition) is 5. The van der Waals surface area contributed by atoms with E-state index in [4.69, 9.17) is 0 Å². The number of allylic oxidation sites excluding steroid dienone is 1. The number of nitrogens with zero attached hydrogens (tertiary/aromatic N) is 3. The van der Waals surface area contributed by atoms with Gasteiger partial charge in [-0.15, -0.1) is 11.8 Å². The van der Waals surface area contributed by atoms with E-state index in [-0.39, 0.29) is 23.7 Å². The zero-order valence-corrected chi connectivity index (χ0v) is 18.9. The highest BCUT2D eigenvalue weighted by atomic mass is 32.2. The van der Waals surface area contributed by atoms with Crippen LogP contribution in [0, 0.1) is 5.92 Å². The van der Waals surface area contributed by atoms with Gasteiger partial charge in [0.25, 0.3) is 5.91 Å². The number of aromatic hydroxyl groups is 1. The molecule has 2 unspecified atom stereocenters. The Labute approximate surface area is 186 Å². The van der Waals surface area contributed by atoms with Crippen LogP contribution >= 0.6 is 11.8 Å². The van der Waals surface area contributed by atoms with Crippen molar-refractivity contribution >= 4 is 17.7 Å². The highest BCUT2D eigenvalue weighted by Crippen LogP contribution is 2.49. The molecule has 0 saturated carbocycles. The van der Waals surface area contributed by atoms with E-state index in [1.54, 1.807) is 15.8 Å². The molecular formula is C24H27N3O3S. The lowest BCUT2D eigenvalue weighted by Crippen LogP contribution is -2.57. The molecule has 0 spiro atoms. The molecule has 0 fully saturated rings. The van der Waals surface area contributed by atoms with Crippen LogP contribution in [0.4, 0.5) is 0 Å². The van der Waals surface area contributed by atoms with Crippen LogP contribution in [0.3, 0.4) is 0 Å². The van der Waals surface area contributed by atoms with E-state index in [1.807, 2.05) is 25.6 Å². The monoisotopic (exact) mass is 437 g/mol. The summed E-state index contributed by atoms with van der Waals surface area (Å²) in [6.07, 6.45) is 3.67. The standard InChI is InChI=1S/C24H27N3O3S/c1-14(2)25-13-27(26-11-10-19(28)22(29)21(26)24(25)30)20-18-7-5-4-6-16(18)8-9-17-15(3)12-31-23(17)20/h4-7,10-11,14-15,20,29H,8-9,12-13H2,1-3H3. The van der Waals surface area contributed by atoms with Crippen molar-refractivity contribution in [1.82, 2.24) is 9.58 Å². The van der Waals surface area contributed by atoms with Crippen molar-refractivity contribution in [2.75, 3.05) is 17.4 Å². The third-order valence-corrected chi connectivity index (χ3v) is 8.14. The molecule has 3 aliphatic rings. The Kier molecular flexibility index (Phi) is 4.88. The number of benzene rings is 1. The van der Waals surface area contributed by atoms with Crippen LogP contribution in [-0.4, -0.2) is 39.1 Å². The van der Waals surface area contributed by atoms with E-state index in [2.05, 4.69) is 36.2 Å². The Bertz CT molecular complexity index is 1150. The van der Waals surface area contributed by atoms with Crippen LogP contribution in [0.25, 0.3) is 0 Å². The highest BCUT2D eigenvalue weighted by molar-refractivity contribution is 8.03. The number of thioether (sulfide) groups is 1. The van der Waals surface area contributed by atoms with E-state index in [9.17, 15) is 14.7 Å². The molecule has 7 heteroatoms. The zero-order valence-electron chi connectivity index (χ0n) is 18.0. The molecule has 0 radical (unpaired) electrons. The summed E-state index contributed by atoms with van der Waals surface area (Å²) in [7, 11) is 0. The lowest BCUT2D eigenvalue weighted by atomic mass is 9.97. The van der Waals surface area contributed by atoms with Gasteiger partial charge in [-0.25, -0.2) is 0 Å². The fourth-order valence-corrected chi connectivity index (χ4v) is 6.49. The smallest absolute Gasteiger partial charge is 0.278 e. The molecule has 0 saturated heterocycles. The topological polar surface area (TPSA) is 65.8 Å². The predicted molar refractivity (Wildman–Crippen MR) is 123 cm³/mol. The van der Waals surface area contributed by atoms with Crippen LogP contribution < -0.4 is 10.4 Å². The van der Waals surface area contributed by atoms with Crippen molar-refractivity contribution in [3.05, 3.63) is 74.1 Å². The van der Waals surface area contributed by atoms with Gasteiger partial charge in [0, 0.05) is 29.0 Å². The van der Waals surface area contributed by atoms with E-state index in [0.717, 1.165) is 18.6 Å². The Morgan fingerprint density at radius 3 is 2.68 bits per heavy atom. The van der Waals surface area contributed by atoms with Gasteiger partial charge < -0.3 is 10.0 Å². The summed E-state index contributed by atoms with van der Waals surface area (Å²) in [4.78, 5) is 28.5. The van der Waals surface area contributed by atoms with Gasteiger partial charge in [-0.1, -0.05) is 36.8 Å². The van der Waals surface area contributed by atoms with Crippen LogP contribution in [0.1, 0.15) is 54.8 Å². The number of aryl methyl sites for hydroxylation is 1. The minimum absolute atomic E-state index is 0.0485. The van der Waals surface area contributed by atoms with Gasteiger partial charge in [0.1, 0.15) is 12.7 Å². The average Bonchev–Trinajstić information content (AvgIpc) is 3.02. The normalized spacial score (nSPS) is 23.0. The van der Waals surface area contributed by atoms with Crippen molar-refractivity contribution in [1.29, 1.82) is 0 Å². The van der Waals surface area contributed by atoms with Crippen molar-refractivity contribution in [3.8, 4) is 5.75 Å². The maximum Gasteiger partial charge on any atom is 0.278 e. The largest absolute Gasteiger partial charge is 0.502 e. The summed E-state index contributed by atoms with van der Waals surface area (Å²) in [6.45, 7) is 6.60. The Hall–Kier alpha value is -2.67. The van der Waals surface area contributed by atoms with Crippen molar-refractivity contribution < 1.29 is 9.90 Å². The van der Waals surface area contributed by atoms with E-state index >= 15 is 0 Å². The fraction of sp³-hybridized carbons (Fsp3) is 0.417. The van der Waals surface area contributed by atoms with Crippen molar-refractivity contribution in [2.45, 2.75) is 45.7 Å². The van der Waals surface area contributed by atoms with E-state index in [1.165, 1.54) is 27.7 Å². The molecule has 2 atom stereocenters. The summed E-state index contributed by atoms with van der Waals surface area (Å²) in [5.41, 5.74) is 3.55. The summed E-state index contributed by atoms with van der Waals surface area (Å²) in [5.74, 6) is 0.787. The maximum atomic E-state index is 13.2. The van der Waals surface area contributed by atoms with Gasteiger partial charge in [0.15, 0.2) is 11.4 Å². The Morgan fingerprint density at radius 2 is 1.90 bits per heavy atom. The van der Waals surface area contributed by atoms with Gasteiger partial charge >= 0.3 is 0 Å². The SMILES string of the molecule is CC1CSC2=C1CCc1ccccc1C2N1CN(C(C)C)C(=O)c2c(O)c(=O)ccn21. The van der Waals surface area contributed by atoms with Crippen molar-refractivity contribution in [3.63, 3.8) is 0 Å². The lowest BCUT2D eigenvalue weighted by Gasteiger charge is -2.45. The Morgan fingerprint density at radius 1 is 1.13 bits per heavy atom. The Balaban J connectivity index is 1.76. The van der Waals surface area contributed by atoms with Gasteiger partial charge in [0.2, 0.25) is 5.43 Å². The van der Waals surface area contributed by atoms with Crippen LogP contribution in [0.2, 0.25) is 0 Å². The third kappa shape index (κ3) is 3.09. The van der Waals surface area contributed by atoms with Gasteiger partial charge in [0.05, 0.1) is 0 Å². The highest BCUT2D eigenvalue weighted by Gasteiger charge is 2.41. The number of fused-ring (bicyclic) bond motifs is 2. The first-order chi connectivity index (χ1) is 14.9. The number of hydrogen-bond donors (Lipinski definition) is 1. The summed E-state index contributed by atoms with van der Waals surface area (Å²) >= 11 is 1.90. The van der Waals surface area contributed by atoms with Crippen LogP contribution in [0.15, 0.2) is 51.8 Å². The molecule has 6 nitrogen and oxygen atoms in total. The van der Waals surface area contributed by atoms with Crippen molar-refractivity contribution in [2.24, 2.45) is 5.92 Å². The second-order valence-electron chi connectivity index (χ2n) is 8.87. The summed E-state index contributed by atoms with van der Waals surface area (Å²) in [6, 6.07) is 9.73. The minimum Gasteiger partial charge on any atom is -0.502 e. The summed E-state index contributed by atoms with van der Waals surface area (Å²) < 4.78 is 1.71. The number of pyridine rings is 1. The van der Waals surface area contributed by atoms with Gasteiger partial charge in [-0.3, -0.25) is 19.3 Å². The molecule has 2 aromatic rings. The molecule has 1 amide bonds. The molecule has 2 aliphatic heterocycles. The zero-order chi connectivity index (χ0) is 21.9. The molecule has 1 N–H and O–H groups in total.